The number of β-amino-alcohol motifs (C(OH)–C–C–N with tert-alkyl or cyclic N) is 1. The van der Waals surface area contributed by atoms with Gasteiger partial charge in [0.05, 0.1) is 24.5 Å². The van der Waals surface area contributed by atoms with Crippen LogP contribution < -0.4 is 4.90 Å². The fourth-order valence-corrected chi connectivity index (χ4v) is 2.95. The van der Waals surface area contributed by atoms with E-state index in [0.717, 1.165) is 11.5 Å². The van der Waals surface area contributed by atoms with Gasteiger partial charge >= 0.3 is 0 Å². The minimum absolute atomic E-state index is 0.186. The average Bonchev–Trinajstić information content (AvgIpc) is 2.97. The average molecular weight is 328 g/mol. The number of likely N-dealkylation sites (N-methyl/N-ethyl adjacent to an activating group) is 1. The molecule has 0 spiro atoms. The number of hydrogen-bond acceptors (Lipinski definition) is 7. The van der Waals surface area contributed by atoms with Crippen molar-refractivity contribution in [1.82, 2.24) is 25.1 Å². The molecule has 126 valence electrons. The summed E-state index contributed by atoms with van der Waals surface area (Å²) in [5.74, 6) is 0.611. The van der Waals surface area contributed by atoms with Gasteiger partial charge in [-0.1, -0.05) is 0 Å². The van der Waals surface area contributed by atoms with E-state index < -0.39 is 5.60 Å². The monoisotopic (exact) mass is 328 g/mol. The molecule has 8 heteroatoms. The van der Waals surface area contributed by atoms with Gasteiger partial charge in [-0.2, -0.15) is 10.2 Å². The third-order valence-corrected chi connectivity index (χ3v) is 4.15. The number of aliphatic hydroxyl groups is 1. The Morgan fingerprint density at radius 3 is 2.96 bits per heavy atom. The van der Waals surface area contributed by atoms with Gasteiger partial charge in [-0.05, 0) is 19.4 Å². The van der Waals surface area contributed by atoms with Crippen molar-refractivity contribution < 1.29 is 9.90 Å². The molecule has 1 fully saturated rings. The zero-order valence-corrected chi connectivity index (χ0v) is 13.8. The van der Waals surface area contributed by atoms with Crippen molar-refractivity contribution in [2.45, 2.75) is 18.9 Å². The first-order chi connectivity index (χ1) is 11.5. The van der Waals surface area contributed by atoms with E-state index in [2.05, 4.69) is 20.2 Å². The molecular formula is C16H20N6O2. The molecule has 3 rings (SSSR count). The lowest BCUT2D eigenvalue weighted by molar-refractivity contribution is 0.0264. The number of carbonyl (C=O) groups is 1. The van der Waals surface area contributed by atoms with E-state index in [0.29, 0.717) is 25.1 Å². The molecule has 1 aliphatic heterocycles. The van der Waals surface area contributed by atoms with Gasteiger partial charge in [-0.3, -0.25) is 4.79 Å². The molecule has 2 aromatic rings. The number of carbonyl (C=O) groups excluding carboxylic acids is 1. The van der Waals surface area contributed by atoms with Crippen LogP contribution in [0.15, 0.2) is 30.9 Å². The summed E-state index contributed by atoms with van der Waals surface area (Å²) < 4.78 is 0. The molecular weight excluding hydrogens is 308 g/mol. The number of rotatable bonds is 4. The van der Waals surface area contributed by atoms with Gasteiger partial charge in [0.2, 0.25) is 0 Å². The first-order valence-electron chi connectivity index (χ1n) is 7.75. The lowest BCUT2D eigenvalue weighted by Crippen LogP contribution is -2.46. The molecule has 0 aliphatic carbocycles. The summed E-state index contributed by atoms with van der Waals surface area (Å²) in [6.07, 6.45) is 4.99. The fraction of sp³-hybridized carbons (Fsp3) is 0.438. The van der Waals surface area contributed by atoms with Gasteiger partial charge in [0.1, 0.15) is 17.7 Å². The SMILES string of the molecule is Cc1cc(N2CCC(O)(CN(C)C(=O)c3ccnnc3)C2)ncn1. The Hall–Kier alpha value is -2.61. The van der Waals surface area contributed by atoms with Crippen LogP contribution >= 0.6 is 0 Å². The lowest BCUT2D eigenvalue weighted by atomic mass is 10.0. The minimum Gasteiger partial charge on any atom is -0.386 e. The Bertz CT molecular complexity index is 726. The smallest absolute Gasteiger partial charge is 0.255 e. The maximum atomic E-state index is 12.4. The molecule has 8 nitrogen and oxygen atoms in total. The van der Waals surface area contributed by atoms with Gasteiger partial charge in [0.15, 0.2) is 0 Å². The van der Waals surface area contributed by atoms with E-state index in [1.165, 1.54) is 23.6 Å². The maximum Gasteiger partial charge on any atom is 0.255 e. The highest BCUT2D eigenvalue weighted by Gasteiger charge is 2.38. The molecule has 1 saturated heterocycles. The van der Waals surface area contributed by atoms with Crippen LogP contribution in [0, 0.1) is 6.92 Å². The molecule has 1 amide bonds. The summed E-state index contributed by atoms with van der Waals surface area (Å²) in [5.41, 5.74) is 0.370. The van der Waals surface area contributed by atoms with Crippen molar-refractivity contribution in [3.8, 4) is 0 Å². The molecule has 1 aliphatic rings. The Balaban J connectivity index is 1.66. The number of anilines is 1. The number of hydrogen-bond donors (Lipinski definition) is 1. The maximum absolute atomic E-state index is 12.4. The number of aryl methyl sites for hydroxylation is 1. The zero-order chi connectivity index (χ0) is 17.2. The second-order valence-corrected chi connectivity index (χ2v) is 6.21. The van der Waals surface area contributed by atoms with Crippen LogP contribution in [0.2, 0.25) is 0 Å². The van der Waals surface area contributed by atoms with E-state index in [9.17, 15) is 9.90 Å². The fourth-order valence-electron chi connectivity index (χ4n) is 2.95. The molecule has 1 atom stereocenters. The first kappa shape index (κ1) is 16.3. The second-order valence-electron chi connectivity index (χ2n) is 6.21. The lowest BCUT2D eigenvalue weighted by Gasteiger charge is -2.29. The van der Waals surface area contributed by atoms with Gasteiger partial charge in [-0.15, -0.1) is 0 Å². The Kier molecular flexibility index (Phi) is 4.39. The Labute approximate surface area is 140 Å². The number of nitrogens with zero attached hydrogens (tertiary/aromatic N) is 6. The van der Waals surface area contributed by atoms with E-state index in [1.807, 2.05) is 17.9 Å². The van der Waals surface area contributed by atoms with Crippen molar-refractivity contribution in [3.63, 3.8) is 0 Å². The standard InChI is InChI=1S/C16H20N6O2/c1-12-7-14(18-11-17-12)22-6-4-16(24,10-22)9-21(2)15(23)13-3-5-19-20-8-13/h3,5,7-8,11,24H,4,6,9-10H2,1-2H3. The predicted octanol–water partition coefficient (Wildman–Crippen LogP) is 0.288. The van der Waals surface area contributed by atoms with Crippen LogP contribution in [0.5, 0.6) is 0 Å². The highest BCUT2D eigenvalue weighted by atomic mass is 16.3. The summed E-state index contributed by atoms with van der Waals surface area (Å²) in [7, 11) is 1.68. The molecule has 3 heterocycles. The molecule has 2 aromatic heterocycles. The minimum atomic E-state index is -0.969. The molecule has 0 bridgehead atoms. The van der Waals surface area contributed by atoms with Crippen molar-refractivity contribution >= 4 is 11.7 Å². The van der Waals surface area contributed by atoms with Gasteiger partial charge in [-0.25, -0.2) is 9.97 Å². The molecule has 0 radical (unpaired) electrons. The normalized spacial score (nSPS) is 20.2. The molecule has 1 unspecified atom stereocenters. The molecule has 1 N–H and O–H groups in total. The summed E-state index contributed by atoms with van der Waals surface area (Å²) >= 11 is 0. The quantitative estimate of drug-likeness (QED) is 0.861. The Morgan fingerprint density at radius 2 is 2.25 bits per heavy atom. The van der Waals surface area contributed by atoms with Crippen LogP contribution in [0.1, 0.15) is 22.5 Å². The topological polar surface area (TPSA) is 95.3 Å². The number of aromatic nitrogens is 4. The summed E-state index contributed by atoms with van der Waals surface area (Å²) in [6, 6.07) is 3.50. The van der Waals surface area contributed by atoms with Crippen LogP contribution in [-0.4, -0.2) is 68.4 Å². The van der Waals surface area contributed by atoms with Crippen LogP contribution in [-0.2, 0) is 0 Å². The Morgan fingerprint density at radius 1 is 1.42 bits per heavy atom. The van der Waals surface area contributed by atoms with E-state index in [-0.39, 0.29) is 12.5 Å². The highest BCUT2D eigenvalue weighted by Crippen LogP contribution is 2.26. The third-order valence-electron chi connectivity index (χ3n) is 4.15. The zero-order valence-electron chi connectivity index (χ0n) is 13.8. The van der Waals surface area contributed by atoms with E-state index in [1.54, 1.807) is 13.1 Å². The van der Waals surface area contributed by atoms with E-state index >= 15 is 0 Å². The summed E-state index contributed by atoms with van der Waals surface area (Å²) in [4.78, 5) is 24.3. The third kappa shape index (κ3) is 3.48. The van der Waals surface area contributed by atoms with Crippen molar-refractivity contribution in [2.75, 3.05) is 31.6 Å². The van der Waals surface area contributed by atoms with Crippen molar-refractivity contribution in [1.29, 1.82) is 0 Å². The highest BCUT2D eigenvalue weighted by molar-refractivity contribution is 5.93. The van der Waals surface area contributed by atoms with Gasteiger partial charge in [0.25, 0.3) is 5.91 Å². The largest absolute Gasteiger partial charge is 0.386 e. The first-order valence-corrected chi connectivity index (χ1v) is 7.75. The van der Waals surface area contributed by atoms with Crippen LogP contribution in [0.4, 0.5) is 5.82 Å². The van der Waals surface area contributed by atoms with Gasteiger partial charge in [0, 0.05) is 31.9 Å². The van der Waals surface area contributed by atoms with Crippen LogP contribution in [0.25, 0.3) is 0 Å². The number of amides is 1. The molecule has 0 aromatic carbocycles. The second kappa shape index (κ2) is 6.48. The molecule has 24 heavy (non-hydrogen) atoms. The molecule has 0 saturated carbocycles. The van der Waals surface area contributed by atoms with Crippen molar-refractivity contribution in [3.05, 3.63) is 42.1 Å². The van der Waals surface area contributed by atoms with Crippen LogP contribution in [0.3, 0.4) is 0 Å². The summed E-state index contributed by atoms with van der Waals surface area (Å²) in [6.45, 7) is 3.26. The summed E-state index contributed by atoms with van der Waals surface area (Å²) in [5, 5.41) is 18.2. The predicted molar refractivity (Wildman–Crippen MR) is 87.5 cm³/mol. The van der Waals surface area contributed by atoms with E-state index in [4.69, 9.17) is 0 Å². The van der Waals surface area contributed by atoms with Crippen molar-refractivity contribution in [2.24, 2.45) is 0 Å². The van der Waals surface area contributed by atoms with Gasteiger partial charge < -0.3 is 14.9 Å².